The fraction of sp³-hybridized carbons (Fsp3) is 0.500. The zero-order valence-corrected chi connectivity index (χ0v) is 11.6. The molecular weight excluding hydrogens is 246 g/mol. The molecule has 0 saturated heterocycles. The van der Waals surface area contributed by atoms with E-state index in [1.807, 2.05) is 6.07 Å². The molecule has 5 nitrogen and oxygen atoms in total. The minimum atomic E-state index is -0.348. The van der Waals surface area contributed by atoms with Crippen molar-refractivity contribution in [1.29, 1.82) is 0 Å². The highest BCUT2D eigenvalue weighted by atomic mass is 16.6. The van der Waals surface area contributed by atoms with Gasteiger partial charge in [-0.15, -0.1) is 0 Å². The van der Waals surface area contributed by atoms with E-state index in [0.717, 1.165) is 5.56 Å². The third kappa shape index (κ3) is 4.05. The van der Waals surface area contributed by atoms with Crippen molar-refractivity contribution in [1.82, 2.24) is 0 Å². The zero-order chi connectivity index (χ0) is 14.4. The molecule has 1 rings (SSSR count). The summed E-state index contributed by atoms with van der Waals surface area (Å²) in [5, 5.41) is 11.0. The van der Waals surface area contributed by atoms with Gasteiger partial charge in [0.05, 0.1) is 11.5 Å². The number of nitro groups is 1. The van der Waals surface area contributed by atoms with Crippen molar-refractivity contribution in [2.75, 3.05) is 6.61 Å². The first kappa shape index (κ1) is 15.1. The minimum absolute atomic E-state index is 0.175. The molecule has 0 heterocycles. The highest BCUT2D eigenvalue weighted by molar-refractivity contribution is 5.69. The SMILES string of the molecule is CCOC(=O)CCCc1ccc(C)c([N+](=O)[O-])c1C. The summed E-state index contributed by atoms with van der Waals surface area (Å²) in [6, 6.07) is 3.65. The maximum Gasteiger partial charge on any atom is 0.305 e. The average Bonchev–Trinajstić information content (AvgIpc) is 2.32. The Morgan fingerprint density at radius 3 is 2.63 bits per heavy atom. The third-order valence-corrected chi connectivity index (χ3v) is 3.06. The largest absolute Gasteiger partial charge is 0.466 e. The van der Waals surface area contributed by atoms with Crippen LogP contribution in [0.5, 0.6) is 0 Å². The van der Waals surface area contributed by atoms with E-state index < -0.39 is 0 Å². The predicted octanol–water partition coefficient (Wildman–Crippen LogP) is 3.10. The highest BCUT2D eigenvalue weighted by Gasteiger charge is 2.17. The summed E-state index contributed by atoms with van der Waals surface area (Å²) in [7, 11) is 0. The Morgan fingerprint density at radius 2 is 2.05 bits per heavy atom. The van der Waals surface area contributed by atoms with Crippen LogP contribution in [0.3, 0.4) is 0 Å². The Kier molecular flexibility index (Phi) is 5.48. The zero-order valence-electron chi connectivity index (χ0n) is 11.6. The molecule has 0 saturated carbocycles. The van der Waals surface area contributed by atoms with Crippen LogP contribution in [0, 0.1) is 24.0 Å². The minimum Gasteiger partial charge on any atom is -0.466 e. The van der Waals surface area contributed by atoms with Gasteiger partial charge < -0.3 is 4.74 Å². The summed E-state index contributed by atoms with van der Waals surface area (Å²) < 4.78 is 4.84. The molecule has 0 N–H and O–H groups in total. The van der Waals surface area contributed by atoms with Gasteiger partial charge >= 0.3 is 5.97 Å². The van der Waals surface area contributed by atoms with Crippen LogP contribution in [0.2, 0.25) is 0 Å². The van der Waals surface area contributed by atoms with E-state index in [1.165, 1.54) is 0 Å². The molecule has 0 aromatic heterocycles. The lowest BCUT2D eigenvalue weighted by Crippen LogP contribution is -2.05. The van der Waals surface area contributed by atoms with E-state index in [2.05, 4.69) is 0 Å². The second-order valence-electron chi connectivity index (χ2n) is 4.43. The number of hydrogen-bond donors (Lipinski definition) is 0. The Balaban J connectivity index is 2.72. The van der Waals surface area contributed by atoms with E-state index in [-0.39, 0.29) is 16.6 Å². The molecule has 5 heteroatoms. The average molecular weight is 265 g/mol. The number of rotatable bonds is 6. The molecule has 104 valence electrons. The van der Waals surface area contributed by atoms with Crippen LogP contribution >= 0.6 is 0 Å². The molecule has 0 fully saturated rings. The van der Waals surface area contributed by atoms with Crippen molar-refractivity contribution in [3.8, 4) is 0 Å². The number of benzene rings is 1. The van der Waals surface area contributed by atoms with Gasteiger partial charge in [-0.1, -0.05) is 12.1 Å². The number of ether oxygens (including phenoxy) is 1. The second-order valence-corrected chi connectivity index (χ2v) is 4.43. The molecule has 0 unspecified atom stereocenters. The molecule has 0 spiro atoms. The van der Waals surface area contributed by atoms with Crippen molar-refractivity contribution in [3.05, 3.63) is 38.9 Å². The Labute approximate surface area is 112 Å². The molecule has 0 radical (unpaired) electrons. The van der Waals surface area contributed by atoms with Crippen molar-refractivity contribution < 1.29 is 14.5 Å². The van der Waals surface area contributed by atoms with Gasteiger partial charge in [-0.2, -0.15) is 0 Å². The van der Waals surface area contributed by atoms with Crippen molar-refractivity contribution in [2.45, 2.75) is 40.0 Å². The van der Waals surface area contributed by atoms with Crippen LogP contribution < -0.4 is 0 Å². The summed E-state index contributed by atoms with van der Waals surface area (Å²) in [6.07, 6.45) is 1.63. The lowest BCUT2D eigenvalue weighted by Gasteiger charge is -2.08. The van der Waals surface area contributed by atoms with Gasteiger partial charge in [0.15, 0.2) is 0 Å². The Bertz CT molecular complexity index is 483. The number of nitrogens with zero attached hydrogens (tertiary/aromatic N) is 1. The van der Waals surface area contributed by atoms with Crippen LogP contribution in [-0.2, 0) is 16.0 Å². The summed E-state index contributed by atoms with van der Waals surface area (Å²) in [5.74, 6) is -0.221. The Morgan fingerprint density at radius 1 is 1.37 bits per heavy atom. The maximum absolute atomic E-state index is 11.2. The van der Waals surface area contributed by atoms with Crippen LogP contribution in [-0.4, -0.2) is 17.5 Å². The molecule has 0 aliphatic rings. The first-order valence-corrected chi connectivity index (χ1v) is 6.36. The number of hydrogen-bond acceptors (Lipinski definition) is 4. The first-order valence-electron chi connectivity index (χ1n) is 6.36. The van der Waals surface area contributed by atoms with Crippen LogP contribution in [0.1, 0.15) is 36.5 Å². The lowest BCUT2D eigenvalue weighted by atomic mass is 9.98. The van der Waals surface area contributed by atoms with Gasteiger partial charge in [0.2, 0.25) is 0 Å². The fourth-order valence-electron chi connectivity index (χ4n) is 2.09. The van der Waals surface area contributed by atoms with Crippen LogP contribution in [0.25, 0.3) is 0 Å². The van der Waals surface area contributed by atoms with Crippen molar-refractivity contribution in [3.63, 3.8) is 0 Å². The second kappa shape index (κ2) is 6.87. The maximum atomic E-state index is 11.2. The van der Waals surface area contributed by atoms with E-state index in [0.29, 0.717) is 37.0 Å². The standard InChI is InChI=1S/C14H19NO4/c1-4-19-13(16)7-5-6-12-9-8-10(2)14(11(12)3)15(17)18/h8-9H,4-7H2,1-3H3. The summed E-state index contributed by atoms with van der Waals surface area (Å²) in [6.45, 7) is 5.64. The molecule has 19 heavy (non-hydrogen) atoms. The quantitative estimate of drug-likeness (QED) is 0.450. The predicted molar refractivity (Wildman–Crippen MR) is 72.1 cm³/mol. The van der Waals surface area contributed by atoms with E-state index >= 15 is 0 Å². The molecular formula is C14H19NO4. The van der Waals surface area contributed by atoms with Crippen LogP contribution in [0.4, 0.5) is 5.69 Å². The van der Waals surface area contributed by atoms with Gasteiger partial charge in [-0.25, -0.2) is 0 Å². The van der Waals surface area contributed by atoms with Crippen molar-refractivity contribution >= 4 is 11.7 Å². The molecule has 1 aromatic rings. The Hall–Kier alpha value is -1.91. The molecule has 0 bridgehead atoms. The van der Waals surface area contributed by atoms with E-state index in [4.69, 9.17) is 4.74 Å². The number of carbonyl (C=O) groups excluding carboxylic acids is 1. The van der Waals surface area contributed by atoms with Crippen molar-refractivity contribution in [2.24, 2.45) is 0 Å². The number of nitro benzene ring substituents is 1. The molecule has 0 aliphatic heterocycles. The molecule has 0 amide bonds. The number of aryl methyl sites for hydroxylation is 2. The topological polar surface area (TPSA) is 69.4 Å². The van der Waals surface area contributed by atoms with Gasteiger partial charge in [-0.05, 0) is 39.2 Å². The lowest BCUT2D eigenvalue weighted by molar-refractivity contribution is -0.386. The van der Waals surface area contributed by atoms with Crippen LogP contribution in [0.15, 0.2) is 12.1 Å². The summed E-state index contributed by atoms with van der Waals surface area (Å²) >= 11 is 0. The van der Waals surface area contributed by atoms with E-state index in [1.54, 1.807) is 26.8 Å². The molecule has 1 aromatic carbocycles. The smallest absolute Gasteiger partial charge is 0.305 e. The molecule has 0 aliphatic carbocycles. The van der Waals surface area contributed by atoms with Gasteiger partial charge in [0.1, 0.15) is 0 Å². The highest BCUT2D eigenvalue weighted by Crippen LogP contribution is 2.26. The fourth-order valence-corrected chi connectivity index (χ4v) is 2.09. The van der Waals surface area contributed by atoms with E-state index in [9.17, 15) is 14.9 Å². The van der Waals surface area contributed by atoms with Gasteiger partial charge in [0, 0.05) is 17.5 Å². The first-order chi connectivity index (χ1) is 8.97. The normalized spacial score (nSPS) is 10.3. The summed E-state index contributed by atoms with van der Waals surface area (Å²) in [4.78, 5) is 21.9. The van der Waals surface area contributed by atoms with Gasteiger partial charge in [0.25, 0.3) is 5.69 Å². The third-order valence-electron chi connectivity index (χ3n) is 3.06. The summed E-state index contributed by atoms with van der Waals surface area (Å²) in [5.41, 5.74) is 2.45. The number of esters is 1. The monoisotopic (exact) mass is 265 g/mol. The number of carbonyl (C=O) groups is 1. The molecule has 0 atom stereocenters. The van der Waals surface area contributed by atoms with Gasteiger partial charge in [-0.3, -0.25) is 14.9 Å².